The summed E-state index contributed by atoms with van der Waals surface area (Å²) >= 11 is 1.44. The van der Waals surface area contributed by atoms with Crippen LogP contribution in [0.4, 0.5) is 0 Å². The Morgan fingerprint density at radius 1 is 1.07 bits per heavy atom. The fourth-order valence-corrected chi connectivity index (χ4v) is 4.15. The van der Waals surface area contributed by atoms with Gasteiger partial charge in [-0.3, -0.25) is 9.69 Å². The van der Waals surface area contributed by atoms with E-state index in [1.807, 2.05) is 55.5 Å². The number of ether oxygens (including phenoxy) is 1. The number of amidine groups is 1. The molecular weight excluding hydrogens is 382 g/mol. The van der Waals surface area contributed by atoms with E-state index in [0.29, 0.717) is 11.7 Å². The third kappa shape index (κ3) is 4.17. The van der Waals surface area contributed by atoms with Crippen molar-refractivity contribution in [3.63, 3.8) is 0 Å². The number of carbonyl (C=O) groups excluding carboxylic acids is 1. The van der Waals surface area contributed by atoms with Crippen LogP contribution in [-0.4, -0.2) is 34.5 Å². The minimum Gasteiger partial charge on any atom is -0.497 e. The fraction of sp³-hybridized carbons (Fsp3) is 0.174. The molecule has 5 nitrogen and oxygen atoms in total. The van der Waals surface area contributed by atoms with E-state index in [1.54, 1.807) is 18.2 Å². The number of hydrogen-bond acceptors (Lipinski definition) is 5. The molecule has 146 valence electrons. The summed E-state index contributed by atoms with van der Waals surface area (Å²) in [5.74, 6) is 0.836. The topological polar surface area (TPSA) is 54.3 Å². The van der Waals surface area contributed by atoms with Crippen molar-refractivity contribution in [2.24, 2.45) is 10.2 Å². The van der Waals surface area contributed by atoms with Gasteiger partial charge in [0.2, 0.25) is 5.91 Å². The molecule has 29 heavy (non-hydrogen) atoms. The maximum absolute atomic E-state index is 12.6. The van der Waals surface area contributed by atoms with Crippen LogP contribution in [0.3, 0.4) is 0 Å². The number of nitrogens with zero attached hydrogens (tertiary/aromatic N) is 3. The standard InChI is InChI=1S/C23H21N3O2S/c1-16-22(27)26(15-17-10-12-20(28-2)13-11-17)23(29-16)25-24-14-19-8-5-7-18-6-3-4-9-21(18)19/h3-14,16H,15H2,1-2H3/b24-14-,25-23-/t16-/m0/s1. The lowest BCUT2D eigenvalue weighted by Crippen LogP contribution is -2.30. The molecule has 1 saturated heterocycles. The number of methoxy groups -OCH3 is 1. The SMILES string of the molecule is COc1ccc(CN2C(=O)[C@H](C)S/C2=N\N=C/c2cccc3ccccc23)cc1. The summed E-state index contributed by atoms with van der Waals surface area (Å²) in [7, 11) is 1.63. The number of carbonyl (C=O) groups is 1. The van der Waals surface area contributed by atoms with Crippen LogP contribution in [0.15, 0.2) is 76.9 Å². The summed E-state index contributed by atoms with van der Waals surface area (Å²) < 4.78 is 5.20. The normalized spacial score (nSPS) is 18.3. The smallest absolute Gasteiger partial charge is 0.242 e. The van der Waals surface area contributed by atoms with Crippen molar-refractivity contribution in [1.29, 1.82) is 0 Å². The maximum Gasteiger partial charge on any atom is 0.242 e. The number of fused-ring (bicyclic) bond motifs is 1. The number of rotatable bonds is 5. The molecule has 0 N–H and O–H groups in total. The van der Waals surface area contributed by atoms with E-state index in [0.717, 1.165) is 27.6 Å². The molecule has 0 aliphatic carbocycles. The van der Waals surface area contributed by atoms with Crippen molar-refractivity contribution in [3.05, 3.63) is 77.9 Å². The Hall–Kier alpha value is -3.12. The van der Waals surface area contributed by atoms with Gasteiger partial charge in [0, 0.05) is 5.56 Å². The maximum atomic E-state index is 12.6. The lowest BCUT2D eigenvalue weighted by Gasteiger charge is -2.15. The molecule has 1 aliphatic rings. The van der Waals surface area contributed by atoms with Gasteiger partial charge in [-0.2, -0.15) is 5.10 Å². The lowest BCUT2D eigenvalue weighted by atomic mass is 10.1. The lowest BCUT2D eigenvalue weighted by molar-refractivity contribution is -0.126. The van der Waals surface area contributed by atoms with Crippen molar-refractivity contribution in [2.75, 3.05) is 7.11 Å². The molecule has 6 heteroatoms. The second-order valence-electron chi connectivity index (χ2n) is 6.73. The zero-order chi connectivity index (χ0) is 20.2. The van der Waals surface area contributed by atoms with E-state index in [4.69, 9.17) is 4.74 Å². The summed E-state index contributed by atoms with van der Waals surface area (Å²) in [5.41, 5.74) is 2.01. The molecule has 0 aromatic heterocycles. The molecule has 1 amide bonds. The van der Waals surface area contributed by atoms with Crippen molar-refractivity contribution in [2.45, 2.75) is 18.7 Å². The van der Waals surface area contributed by atoms with E-state index in [-0.39, 0.29) is 11.2 Å². The third-order valence-electron chi connectivity index (χ3n) is 4.79. The molecule has 0 spiro atoms. The van der Waals surface area contributed by atoms with E-state index in [9.17, 15) is 4.79 Å². The first-order valence-corrected chi connectivity index (χ1v) is 10.2. The molecule has 3 aromatic carbocycles. The van der Waals surface area contributed by atoms with E-state index >= 15 is 0 Å². The molecule has 0 radical (unpaired) electrons. The predicted octanol–water partition coefficient (Wildman–Crippen LogP) is 4.70. The second kappa shape index (κ2) is 8.49. The Balaban J connectivity index is 1.57. The summed E-state index contributed by atoms with van der Waals surface area (Å²) in [4.78, 5) is 14.3. The first kappa shape index (κ1) is 19.2. The van der Waals surface area contributed by atoms with Crippen molar-refractivity contribution in [1.82, 2.24) is 4.90 Å². The summed E-state index contributed by atoms with van der Waals surface area (Å²) in [5, 5.41) is 11.4. The molecule has 0 saturated carbocycles. The van der Waals surface area contributed by atoms with Gasteiger partial charge in [-0.1, -0.05) is 66.4 Å². The second-order valence-corrected chi connectivity index (χ2v) is 8.04. The Labute approximate surface area is 174 Å². The predicted molar refractivity (Wildman–Crippen MR) is 120 cm³/mol. The van der Waals surface area contributed by atoms with Crippen molar-refractivity contribution >= 4 is 39.8 Å². The molecule has 4 rings (SSSR count). The van der Waals surface area contributed by atoms with Gasteiger partial charge in [0.25, 0.3) is 0 Å². The van der Waals surface area contributed by atoms with Crippen LogP contribution < -0.4 is 4.74 Å². The average molecular weight is 404 g/mol. The molecular formula is C23H21N3O2S. The van der Waals surface area contributed by atoms with Crippen LogP contribution in [0.1, 0.15) is 18.1 Å². The Kier molecular flexibility index (Phi) is 5.62. The van der Waals surface area contributed by atoms with Gasteiger partial charge in [-0.05, 0) is 35.4 Å². The van der Waals surface area contributed by atoms with Crippen LogP contribution in [0.25, 0.3) is 10.8 Å². The van der Waals surface area contributed by atoms with Gasteiger partial charge in [0.15, 0.2) is 5.17 Å². The van der Waals surface area contributed by atoms with Crippen LogP contribution in [0, 0.1) is 0 Å². The number of amides is 1. The Bertz CT molecular complexity index is 1090. The molecule has 1 atom stereocenters. The Morgan fingerprint density at radius 3 is 2.62 bits per heavy atom. The van der Waals surface area contributed by atoms with E-state index in [2.05, 4.69) is 28.4 Å². The number of benzene rings is 3. The zero-order valence-electron chi connectivity index (χ0n) is 16.3. The first-order chi connectivity index (χ1) is 14.2. The van der Waals surface area contributed by atoms with E-state index < -0.39 is 0 Å². The fourth-order valence-electron chi connectivity index (χ4n) is 3.23. The molecule has 1 heterocycles. The minimum absolute atomic E-state index is 0.0462. The van der Waals surface area contributed by atoms with Crippen molar-refractivity contribution in [3.8, 4) is 5.75 Å². The number of thioether (sulfide) groups is 1. The average Bonchev–Trinajstić information content (AvgIpc) is 3.02. The Morgan fingerprint density at radius 2 is 1.83 bits per heavy atom. The molecule has 0 unspecified atom stereocenters. The van der Waals surface area contributed by atoms with Gasteiger partial charge in [0.05, 0.1) is 25.1 Å². The minimum atomic E-state index is -0.167. The molecule has 3 aromatic rings. The van der Waals surface area contributed by atoms with Crippen molar-refractivity contribution < 1.29 is 9.53 Å². The van der Waals surface area contributed by atoms with Gasteiger partial charge in [0.1, 0.15) is 5.75 Å². The highest BCUT2D eigenvalue weighted by Gasteiger charge is 2.35. The van der Waals surface area contributed by atoms with E-state index in [1.165, 1.54) is 11.8 Å². The number of hydrogen-bond donors (Lipinski definition) is 0. The van der Waals surface area contributed by atoms with Crippen LogP contribution in [-0.2, 0) is 11.3 Å². The first-order valence-electron chi connectivity index (χ1n) is 9.35. The quantitative estimate of drug-likeness (QED) is 0.458. The molecule has 0 bridgehead atoms. The van der Waals surface area contributed by atoms with Gasteiger partial charge in [-0.15, -0.1) is 5.10 Å². The zero-order valence-corrected chi connectivity index (χ0v) is 17.1. The summed E-state index contributed by atoms with van der Waals surface area (Å²) in [6.45, 7) is 2.35. The van der Waals surface area contributed by atoms with Crippen LogP contribution >= 0.6 is 11.8 Å². The summed E-state index contributed by atoms with van der Waals surface area (Å²) in [6.07, 6.45) is 1.74. The summed E-state index contributed by atoms with van der Waals surface area (Å²) in [6, 6.07) is 21.9. The molecule has 1 aliphatic heterocycles. The third-order valence-corrected chi connectivity index (χ3v) is 5.86. The monoisotopic (exact) mass is 403 g/mol. The largest absolute Gasteiger partial charge is 0.497 e. The van der Waals surface area contributed by atoms with Crippen LogP contribution in [0.2, 0.25) is 0 Å². The van der Waals surface area contributed by atoms with Gasteiger partial charge < -0.3 is 4.74 Å². The highest BCUT2D eigenvalue weighted by molar-refractivity contribution is 8.15. The highest BCUT2D eigenvalue weighted by atomic mass is 32.2. The molecule has 1 fully saturated rings. The van der Waals surface area contributed by atoms with Crippen LogP contribution in [0.5, 0.6) is 5.75 Å². The van der Waals surface area contributed by atoms with Gasteiger partial charge >= 0.3 is 0 Å². The highest BCUT2D eigenvalue weighted by Crippen LogP contribution is 2.29. The van der Waals surface area contributed by atoms with Gasteiger partial charge in [-0.25, -0.2) is 0 Å².